The minimum absolute atomic E-state index is 0.0459. The first-order valence-electron chi connectivity index (χ1n) is 9.21. The number of benzene rings is 1. The van der Waals surface area contributed by atoms with Gasteiger partial charge in [-0.25, -0.2) is 0 Å². The second-order valence-electron chi connectivity index (χ2n) is 7.05. The highest BCUT2D eigenvalue weighted by Gasteiger charge is 2.37. The van der Waals surface area contributed by atoms with Crippen LogP contribution in [0.2, 0.25) is 0 Å². The predicted octanol–water partition coefficient (Wildman–Crippen LogP) is 2.05. The number of imide groups is 1. The maximum Gasteiger partial charge on any atom is 0.261 e. The molecule has 2 fully saturated rings. The molecule has 1 atom stereocenters. The Bertz CT molecular complexity index is 777. The molecule has 1 aromatic carbocycles. The Labute approximate surface area is 165 Å². The largest absolute Gasteiger partial charge is 0.350 e. The number of hydrogen-bond acceptors (Lipinski definition) is 5. The minimum atomic E-state index is -0.339. The first-order valence-corrected chi connectivity index (χ1v) is 10.0. The van der Waals surface area contributed by atoms with Crippen LogP contribution in [-0.2, 0) is 14.3 Å². The Morgan fingerprint density at radius 3 is 2.67 bits per heavy atom. The zero-order valence-corrected chi connectivity index (χ0v) is 16.4. The number of piperidine rings is 1. The van der Waals surface area contributed by atoms with E-state index in [0.29, 0.717) is 37.4 Å². The van der Waals surface area contributed by atoms with Crippen molar-refractivity contribution in [2.75, 3.05) is 32.8 Å². The Kier molecular flexibility index (Phi) is 5.29. The molecule has 7 nitrogen and oxygen atoms in total. The minimum Gasteiger partial charge on any atom is -0.350 e. The molecule has 3 aliphatic rings. The summed E-state index contributed by atoms with van der Waals surface area (Å²) < 4.78 is 11.9. The van der Waals surface area contributed by atoms with E-state index in [1.165, 1.54) is 4.90 Å². The lowest BCUT2D eigenvalue weighted by molar-refractivity contribution is -0.139. The molecule has 1 aromatic rings. The second kappa shape index (κ2) is 7.69. The number of ether oxygens (including phenoxy) is 2. The van der Waals surface area contributed by atoms with Crippen molar-refractivity contribution in [3.8, 4) is 0 Å². The number of nitrogens with zero attached hydrogens (tertiary/aromatic N) is 2. The van der Waals surface area contributed by atoms with Crippen molar-refractivity contribution in [1.82, 2.24) is 9.80 Å². The summed E-state index contributed by atoms with van der Waals surface area (Å²) in [5.74, 6) is -0.537. The first kappa shape index (κ1) is 18.6. The van der Waals surface area contributed by atoms with E-state index in [0.717, 1.165) is 17.3 Å². The smallest absolute Gasteiger partial charge is 0.261 e. The van der Waals surface area contributed by atoms with E-state index in [1.807, 2.05) is 0 Å². The number of rotatable bonds is 4. The lowest BCUT2D eigenvalue weighted by Crippen LogP contribution is -2.45. The number of carbonyl (C=O) groups excluding carboxylic acids is 3. The molecule has 0 saturated carbocycles. The molecule has 0 aliphatic carbocycles. The molecule has 0 bridgehead atoms. The first-order chi connectivity index (χ1) is 13.0. The molecule has 0 N–H and O–H groups in total. The second-order valence-corrected chi connectivity index (χ2v) is 7.97. The summed E-state index contributed by atoms with van der Waals surface area (Å²) in [7, 11) is 0. The molecule has 1 unspecified atom stereocenters. The van der Waals surface area contributed by atoms with Gasteiger partial charge in [0.25, 0.3) is 11.8 Å². The van der Waals surface area contributed by atoms with Gasteiger partial charge in [0, 0.05) is 36.4 Å². The zero-order chi connectivity index (χ0) is 19.0. The van der Waals surface area contributed by atoms with Crippen molar-refractivity contribution in [3.05, 3.63) is 33.8 Å². The van der Waals surface area contributed by atoms with Crippen LogP contribution in [0, 0.1) is 5.92 Å². The summed E-state index contributed by atoms with van der Waals surface area (Å²) >= 11 is 3.32. The number of likely N-dealkylation sites (tertiary alicyclic amines) is 1. The number of halogens is 1. The van der Waals surface area contributed by atoms with Crippen LogP contribution in [-0.4, -0.2) is 66.7 Å². The summed E-state index contributed by atoms with van der Waals surface area (Å²) in [5.41, 5.74) is 0.777. The van der Waals surface area contributed by atoms with Crippen molar-refractivity contribution in [2.45, 2.75) is 25.6 Å². The Balaban J connectivity index is 1.35. The Morgan fingerprint density at radius 1 is 1.15 bits per heavy atom. The van der Waals surface area contributed by atoms with Crippen LogP contribution >= 0.6 is 15.9 Å². The van der Waals surface area contributed by atoms with Crippen molar-refractivity contribution in [1.29, 1.82) is 0 Å². The van der Waals surface area contributed by atoms with Crippen LogP contribution in [0.15, 0.2) is 22.7 Å². The van der Waals surface area contributed by atoms with Gasteiger partial charge < -0.3 is 14.4 Å². The van der Waals surface area contributed by atoms with Crippen LogP contribution in [0.25, 0.3) is 0 Å². The van der Waals surface area contributed by atoms with Gasteiger partial charge in [0.15, 0.2) is 6.29 Å². The predicted molar refractivity (Wildman–Crippen MR) is 99.1 cm³/mol. The third-order valence-electron chi connectivity index (χ3n) is 5.33. The molecule has 0 spiro atoms. The summed E-state index contributed by atoms with van der Waals surface area (Å²) in [6.45, 7) is 2.59. The quantitative estimate of drug-likeness (QED) is 0.675. The van der Waals surface area contributed by atoms with Crippen molar-refractivity contribution in [3.63, 3.8) is 0 Å². The number of amides is 3. The van der Waals surface area contributed by atoms with Gasteiger partial charge in [-0.1, -0.05) is 15.9 Å². The summed E-state index contributed by atoms with van der Waals surface area (Å²) in [5, 5.41) is 0. The maximum absolute atomic E-state index is 12.6. The molecule has 0 aromatic heterocycles. The molecule has 3 heterocycles. The van der Waals surface area contributed by atoms with E-state index >= 15 is 0 Å². The SMILES string of the molecule is O=C(CCN1C(=O)c2ccc(Br)cc2C1=O)N1CCCC(C2OCCO2)C1. The fourth-order valence-corrected chi connectivity index (χ4v) is 4.30. The third kappa shape index (κ3) is 3.66. The van der Waals surface area contributed by atoms with E-state index in [-0.39, 0.29) is 42.9 Å². The molecular weight excluding hydrogens is 416 g/mol. The van der Waals surface area contributed by atoms with Gasteiger partial charge in [-0.3, -0.25) is 19.3 Å². The van der Waals surface area contributed by atoms with Gasteiger partial charge in [-0.05, 0) is 31.0 Å². The zero-order valence-electron chi connectivity index (χ0n) is 14.9. The van der Waals surface area contributed by atoms with Gasteiger partial charge >= 0.3 is 0 Å². The highest BCUT2D eigenvalue weighted by molar-refractivity contribution is 9.10. The fraction of sp³-hybridized carbons (Fsp3) is 0.526. The lowest BCUT2D eigenvalue weighted by Gasteiger charge is -2.35. The van der Waals surface area contributed by atoms with Crippen LogP contribution < -0.4 is 0 Å². The molecule has 3 amide bonds. The highest BCUT2D eigenvalue weighted by Crippen LogP contribution is 2.27. The normalized spacial score (nSPS) is 23.2. The number of carbonyl (C=O) groups is 3. The van der Waals surface area contributed by atoms with Crippen molar-refractivity contribution in [2.24, 2.45) is 5.92 Å². The molecule has 144 valence electrons. The van der Waals surface area contributed by atoms with Gasteiger partial charge in [-0.15, -0.1) is 0 Å². The average molecular weight is 437 g/mol. The summed E-state index contributed by atoms with van der Waals surface area (Å²) in [4.78, 5) is 40.6. The van der Waals surface area contributed by atoms with Gasteiger partial charge in [-0.2, -0.15) is 0 Å². The van der Waals surface area contributed by atoms with Crippen LogP contribution in [0.3, 0.4) is 0 Å². The standard InChI is InChI=1S/C19H21BrN2O5/c20-13-3-4-14-15(10-13)18(25)22(17(14)24)7-5-16(23)21-6-1-2-12(11-21)19-26-8-9-27-19/h3-4,10,12,19H,1-2,5-9,11H2. The van der Waals surface area contributed by atoms with E-state index in [4.69, 9.17) is 9.47 Å². The van der Waals surface area contributed by atoms with E-state index in [1.54, 1.807) is 23.1 Å². The van der Waals surface area contributed by atoms with Crippen LogP contribution in [0.1, 0.15) is 40.0 Å². The molecule has 8 heteroatoms. The lowest BCUT2D eigenvalue weighted by atomic mass is 9.97. The van der Waals surface area contributed by atoms with Gasteiger partial charge in [0.2, 0.25) is 5.91 Å². The van der Waals surface area contributed by atoms with Crippen LogP contribution in [0.5, 0.6) is 0 Å². The third-order valence-corrected chi connectivity index (χ3v) is 5.82. The van der Waals surface area contributed by atoms with Crippen molar-refractivity contribution < 1.29 is 23.9 Å². The van der Waals surface area contributed by atoms with Gasteiger partial charge in [0.05, 0.1) is 24.3 Å². The average Bonchev–Trinajstić information content (AvgIpc) is 3.29. The highest BCUT2D eigenvalue weighted by atomic mass is 79.9. The summed E-state index contributed by atoms with van der Waals surface area (Å²) in [6.07, 6.45) is 1.78. The molecule has 27 heavy (non-hydrogen) atoms. The molecule has 0 radical (unpaired) electrons. The molecule has 3 aliphatic heterocycles. The van der Waals surface area contributed by atoms with E-state index < -0.39 is 0 Å². The van der Waals surface area contributed by atoms with E-state index in [2.05, 4.69) is 15.9 Å². The van der Waals surface area contributed by atoms with Gasteiger partial charge in [0.1, 0.15) is 0 Å². The summed E-state index contributed by atoms with van der Waals surface area (Å²) in [6, 6.07) is 5.02. The van der Waals surface area contributed by atoms with Crippen LogP contribution in [0.4, 0.5) is 0 Å². The van der Waals surface area contributed by atoms with Crippen molar-refractivity contribution >= 4 is 33.7 Å². The molecular formula is C19H21BrN2O5. The Morgan fingerprint density at radius 2 is 1.89 bits per heavy atom. The van der Waals surface area contributed by atoms with E-state index in [9.17, 15) is 14.4 Å². The number of fused-ring (bicyclic) bond motifs is 1. The molecule has 4 rings (SSSR count). The molecule has 2 saturated heterocycles. The maximum atomic E-state index is 12.6. The fourth-order valence-electron chi connectivity index (χ4n) is 3.94. The monoisotopic (exact) mass is 436 g/mol. The topological polar surface area (TPSA) is 76.2 Å². The Hall–Kier alpha value is -1.77. The number of hydrogen-bond donors (Lipinski definition) is 0.